The van der Waals surface area contributed by atoms with Gasteiger partial charge >= 0.3 is 0 Å². The second-order valence-corrected chi connectivity index (χ2v) is 5.38. The lowest BCUT2D eigenvalue weighted by atomic mass is 10.0. The van der Waals surface area contributed by atoms with Gasteiger partial charge in [0.2, 0.25) is 11.8 Å². The number of aromatic nitrogens is 1. The zero-order chi connectivity index (χ0) is 13.9. The molecular formula is C16H18N2O2. The first-order valence-electron chi connectivity index (χ1n) is 7.05. The molecule has 0 N–H and O–H groups in total. The number of para-hydroxylation sites is 2. The number of carbonyl (C=O) groups excluding carboxylic acids is 1. The van der Waals surface area contributed by atoms with E-state index >= 15 is 0 Å². The molecule has 2 heterocycles. The Morgan fingerprint density at radius 3 is 3.10 bits per heavy atom. The Hall–Kier alpha value is -2.10. The maximum atomic E-state index is 12.1. The van der Waals surface area contributed by atoms with Crippen molar-refractivity contribution in [2.45, 2.75) is 19.8 Å². The highest BCUT2D eigenvalue weighted by molar-refractivity contribution is 5.91. The molecule has 1 saturated heterocycles. The molecule has 3 rings (SSSR count). The van der Waals surface area contributed by atoms with Crippen LogP contribution in [0.25, 0.3) is 17.2 Å². The van der Waals surface area contributed by atoms with E-state index in [0.29, 0.717) is 11.8 Å². The van der Waals surface area contributed by atoms with Crippen LogP contribution in [0.1, 0.15) is 25.7 Å². The number of likely N-dealkylation sites (tertiary alicyclic amines) is 1. The molecule has 2 aromatic rings. The highest BCUT2D eigenvalue weighted by atomic mass is 16.3. The molecule has 104 valence electrons. The molecule has 0 radical (unpaired) electrons. The Kier molecular flexibility index (Phi) is 3.54. The van der Waals surface area contributed by atoms with Crippen molar-refractivity contribution >= 4 is 23.1 Å². The molecule has 1 unspecified atom stereocenters. The highest BCUT2D eigenvalue weighted by Gasteiger charge is 2.19. The minimum atomic E-state index is 0.0406. The molecule has 0 aliphatic carbocycles. The summed E-state index contributed by atoms with van der Waals surface area (Å²) >= 11 is 0. The van der Waals surface area contributed by atoms with Gasteiger partial charge in [-0.3, -0.25) is 4.79 Å². The normalized spacial score (nSPS) is 19.9. The van der Waals surface area contributed by atoms with E-state index in [0.717, 1.165) is 30.6 Å². The molecule has 1 aliphatic rings. The second kappa shape index (κ2) is 5.49. The van der Waals surface area contributed by atoms with Crippen LogP contribution >= 0.6 is 0 Å². The van der Waals surface area contributed by atoms with Crippen LogP contribution in [0.15, 0.2) is 34.8 Å². The van der Waals surface area contributed by atoms with Gasteiger partial charge in [-0.15, -0.1) is 0 Å². The molecule has 0 bridgehead atoms. The summed E-state index contributed by atoms with van der Waals surface area (Å²) in [5.74, 6) is 1.11. The van der Waals surface area contributed by atoms with Crippen molar-refractivity contribution in [2.24, 2.45) is 5.92 Å². The molecule has 20 heavy (non-hydrogen) atoms. The van der Waals surface area contributed by atoms with Crippen LogP contribution in [-0.2, 0) is 4.79 Å². The number of oxazole rings is 1. The van der Waals surface area contributed by atoms with Crippen molar-refractivity contribution in [1.82, 2.24) is 9.88 Å². The zero-order valence-corrected chi connectivity index (χ0v) is 11.6. The van der Waals surface area contributed by atoms with Crippen molar-refractivity contribution < 1.29 is 9.21 Å². The summed E-state index contributed by atoms with van der Waals surface area (Å²) in [5, 5.41) is 0. The van der Waals surface area contributed by atoms with Gasteiger partial charge < -0.3 is 9.32 Å². The average molecular weight is 270 g/mol. The predicted octanol–water partition coefficient (Wildman–Crippen LogP) is 3.10. The predicted molar refractivity (Wildman–Crippen MR) is 78.0 cm³/mol. The summed E-state index contributed by atoms with van der Waals surface area (Å²) in [6.07, 6.45) is 5.51. The van der Waals surface area contributed by atoms with Crippen LogP contribution in [0.2, 0.25) is 0 Å². The van der Waals surface area contributed by atoms with E-state index in [1.807, 2.05) is 29.2 Å². The number of piperidine rings is 1. The van der Waals surface area contributed by atoms with Crippen molar-refractivity contribution in [3.63, 3.8) is 0 Å². The van der Waals surface area contributed by atoms with E-state index in [1.165, 1.54) is 6.42 Å². The summed E-state index contributed by atoms with van der Waals surface area (Å²) in [6, 6.07) is 7.58. The van der Waals surface area contributed by atoms with Crippen LogP contribution < -0.4 is 0 Å². The average Bonchev–Trinajstić information content (AvgIpc) is 2.87. The molecule has 1 fully saturated rings. The Bertz CT molecular complexity index is 612. The summed E-state index contributed by atoms with van der Waals surface area (Å²) in [6.45, 7) is 3.88. The standard InChI is InChI=1S/C16H18N2O2/c1-12-5-4-10-18(11-12)16(19)9-8-15-17-13-6-2-3-7-14(13)20-15/h2-3,6-9,12H,4-5,10-11H2,1H3/b9-8+. The van der Waals surface area contributed by atoms with Crippen LogP contribution in [0, 0.1) is 5.92 Å². The van der Waals surface area contributed by atoms with Gasteiger partial charge in [-0.1, -0.05) is 19.1 Å². The fraction of sp³-hybridized carbons (Fsp3) is 0.375. The maximum absolute atomic E-state index is 12.1. The van der Waals surface area contributed by atoms with Crippen LogP contribution in [-0.4, -0.2) is 28.9 Å². The molecule has 4 heteroatoms. The molecule has 0 saturated carbocycles. The highest BCUT2D eigenvalue weighted by Crippen LogP contribution is 2.17. The molecule has 1 aliphatic heterocycles. The van der Waals surface area contributed by atoms with Gasteiger partial charge in [0.25, 0.3) is 0 Å². The molecule has 0 spiro atoms. The number of benzene rings is 1. The molecule has 1 aromatic carbocycles. The lowest BCUT2D eigenvalue weighted by molar-refractivity contribution is -0.127. The van der Waals surface area contributed by atoms with Crippen LogP contribution in [0.5, 0.6) is 0 Å². The molecule has 1 amide bonds. The molecule has 1 atom stereocenters. The van der Waals surface area contributed by atoms with E-state index in [4.69, 9.17) is 4.42 Å². The van der Waals surface area contributed by atoms with Gasteiger partial charge in [-0.05, 0) is 30.9 Å². The number of rotatable bonds is 2. The monoisotopic (exact) mass is 270 g/mol. The van der Waals surface area contributed by atoms with E-state index in [9.17, 15) is 4.79 Å². The van der Waals surface area contributed by atoms with Crippen molar-refractivity contribution in [3.8, 4) is 0 Å². The first-order valence-corrected chi connectivity index (χ1v) is 7.05. The van der Waals surface area contributed by atoms with Gasteiger partial charge in [-0.25, -0.2) is 4.98 Å². The third-order valence-corrected chi connectivity index (χ3v) is 3.65. The number of hydrogen-bond donors (Lipinski definition) is 0. The Morgan fingerprint density at radius 1 is 1.45 bits per heavy atom. The zero-order valence-electron chi connectivity index (χ0n) is 11.6. The first kappa shape index (κ1) is 12.9. The SMILES string of the molecule is CC1CCCN(C(=O)/C=C/c2nc3ccccc3o2)C1. The number of carbonyl (C=O) groups is 1. The Morgan fingerprint density at radius 2 is 2.30 bits per heavy atom. The van der Waals surface area contributed by atoms with Crippen molar-refractivity contribution in [1.29, 1.82) is 0 Å². The van der Waals surface area contributed by atoms with E-state index in [1.54, 1.807) is 12.2 Å². The van der Waals surface area contributed by atoms with Crippen molar-refractivity contribution in [3.05, 3.63) is 36.2 Å². The first-order chi connectivity index (χ1) is 9.72. The lowest BCUT2D eigenvalue weighted by Gasteiger charge is -2.29. The van der Waals surface area contributed by atoms with Gasteiger partial charge in [-0.2, -0.15) is 0 Å². The summed E-state index contributed by atoms with van der Waals surface area (Å²) < 4.78 is 5.56. The molecule has 1 aromatic heterocycles. The van der Waals surface area contributed by atoms with Gasteiger partial charge in [0.1, 0.15) is 5.52 Å². The van der Waals surface area contributed by atoms with Crippen LogP contribution in [0.4, 0.5) is 0 Å². The largest absolute Gasteiger partial charge is 0.437 e. The smallest absolute Gasteiger partial charge is 0.246 e. The lowest BCUT2D eigenvalue weighted by Crippen LogP contribution is -2.38. The van der Waals surface area contributed by atoms with Gasteiger partial charge in [0.05, 0.1) is 0 Å². The van der Waals surface area contributed by atoms with Crippen molar-refractivity contribution in [2.75, 3.05) is 13.1 Å². The third kappa shape index (κ3) is 2.74. The maximum Gasteiger partial charge on any atom is 0.246 e. The van der Waals surface area contributed by atoms with Gasteiger partial charge in [0, 0.05) is 25.2 Å². The van der Waals surface area contributed by atoms with Gasteiger partial charge in [0.15, 0.2) is 5.58 Å². The quantitative estimate of drug-likeness (QED) is 0.788. The Balaban J connectivity index is 1.71. The number of fused-ring (bicyclic) bond motifs is 1. The third-order valence-electron chi connectivity index (χ3n) is 3.65. The number of hydrogen-bond acceptors (Lipinski definition) is 3. The van der Waals surface area contributed by atoms with E-state index in [2.05, 4.69) is 11.9 Å². The fourth-order valence-electron chi connectivity index (χ4n) is 2.60. The second-order valence-electron chi connectivity index (χ2n) is 5.38. The molecule has 4 nitrogen and oxygen atoms in total. The van der Waals surface area contributed by atoms with E-state index < -0.39 is 0 Å². The summed E-state index contributed by atoms with van der Waals surface area (Å²) in [7, 11) is 0. The summed E-state index contributed by atoms with van der Waals surface area (Å²) in [5.41, 5.74) is 1.55. The fourth-order valence-corrected chi connectivity index (χ4v) is 2.60. The van der Waals surface area contributed by atoms with E-state index in [-0.39, 0.29) is 5.91 Å². The Labute approximate surface area is 118 Å². The molecular weight excluding hydrogens is 252 g/mol. The minimum Gasteiger partial charge on any atom is -0.437 e. The number of nitrogens with zero attached hydrogens (tertiary/aromatic N) is 2. The number of amides is 1. The summed E-state index contributed by atoms with van der Waals surface area (Å²) in [4.78, 5) is 18.3. The minimum absolute atomic E-state index is 0.0406. The topological polar surface area (TPSA) is 46.3 Å². The van der Waals surface area contributed by atoms with Crippen LogP contribution in [0.3, 0.4) is 0 Å².